The summed E-state index contributed by atoms with van der Waals surface area (Å²) < 4.78 is 104. The molecule has 21 heteroatoms. The molecular weight excluding hydrogens is 1660 g/mol. The van der Waals surface area contributed by atoms with Crippen LogP contribution < -0.4 is 19.7 Å². The fraction of sp³-hybridized carbons (Fsp3) is 0.642. The van der Waals surface area contributed by atoms with Crippen molar-refractivity contribution in [1.29, 1.82) is 0 Å². The molecule has 6 aromatic carbocycles. The number of esters is 1. The van der Waals surface area contributed by atoms with Crippen molar-refractivity contribution in [3.8, 4) is 11.5 Å². The van der Waals surface area contributed by atoms with E-state index in [1.54, 1.807) is 48.5 Å². The standard InChI is InChI=1S/C109H165N2O18P/c1-7-11-15-19-23-27-31-35-39-61-79-118-92(70-54-36-32-28-24-20-16-12-8-2)77-81-120-106-101(110-87(5)112)109(125-98(85-117-6)104(106)129-130(116,127-94-72-57-44-58-73-94)128-95-74-59-45-60-75-95)123-86-97-102(114)105(119-80-78-93(121-83-88-62-46-40-47-63-88)71-55-37-33-29-25-21-17-13-9-3)100(107(124-97)108(115)126-103(90-66-50-42-51-67-90)91-68-52-43-53-69-91)111-99(113)82-96(122-84-89-64-48-41-49-65-89)76-56-38-34-30-26-22-18-14-10-4/h40-53,57-60,62-69,72-75,92-93,96-98,100-107,109,114H,7-39,54-56,61,70-71,76-86H2,1-6H3,(H,110,112)(H,111,113)/t92-,93-,96-,97-,98-,100-,101-,102-,104+,105-,106-,107+,109-/m1/s1. The number of aliphatic hydroxyl groups excluding tert-OH is 1. The fourth-order valence-corrected chi connectivity index (χ4v) is 19.0. The molecule has 0 radical (unpaired) electrons. The topological polar surface area (TPSA) is 233 Å². The molecular formula is C109H165N2O18P. The monoisotopic (exact) mass is 1820 g/mol. The van der Waals surface area contributed by atoms with E-state index in [4.69, 9.17) is 60.9 Å². The van der Waals surface area contributed by atoms with Gasteiger partial charge in [-0.15, -0.1) is 0 Å². The third-order valence-electron chi connectivity index (χ3n) is 25.0. The number of unbranched alkanes of at least 4 members (excludes halogenated alkanes) is 33. The first-order chi connectivity index (χ1) is 63.8. The van der Waals surface area contributed by atoms with Gasteiger partial charge in [-0.1, -0.05) is 417 Å². The zero-order chi connectivity index (χ0) is 92.0. The van der Waals surface area contributed by atoms with Crippen molar-refractivity contribution in [2.24, 2.45) is 0 Å². The highest BCUT2D eigenvalue weighted by atomic mass is 31.2. The van der Waals surface area contributed by atoms with Crippen LogP contribution in [-0.4, -0.2) is 142 Å². The number of carbonyl (C=O) groups is 3. The van der Waals surface area contributed by atoms with E-state index in [2.05, 4.69) is 50.5 Å². The summed E-state index contributed by atoms with van der Waals surface area (Å²) >= 11 is 0. The summed E-state index contributed by atoms with van der Waals surface area (Å²) in [5, 5.41) is 19.9. The smallest absolute Gasteiger partial charge is 0.451 e. The summed E-state index contributed by atoms with van der Waals surface area (Å²) in [5.41, 5.74) is 3.35. The first-order valence-corrected chi connectivity index (χ1v) is 52.2. The van der Waals surface area contributed by atoms with Crippen LogP contribution in [0.5, 0.6) is 11.5 Å². The van der Waals surface area contributed by atoms with Crippen molar-refractivity contribution in [2.45, 2.75) is 409 Å². The van der Waals surface area contributed by atoms with Gasteiger partial charge in [-0.3, -0.25) is 14.1 Å². The molecule has 0 spiro atoms. The maximum Gasteiger partial charge on any atom is 0.588 e. The predicted octanol–water partition coefficient (Wildman–Crippen LogP) is 25.7. The summed E-state index contributed by atoms with van der Waals surface area (Å²) in [6.45, 7) is 11.0. The molecule has 0 aliphatic carbocycles. The van der Waals surface area contributed by atoms with Crippen LogP contribution in [0.15, 0.2) is 182 Å². The van der Waals surface area contributed by atoms with Crippen LogP contribution in [0.1, 0.15) is 339 Å². The molecule has 724 valence electrons. The highest BCUT2D eigenvalue weighted by Crippen LogP contribution is 2.53. The summed E-state index contributed by atoms with van der Waals surface area (Å²) in [7, 11) is -3.30. The molecule has 20 nitrogen and oxygen atoms in total. The Hall–Kier alpha value is -6.88. The second-order valence-corrected chi connectivity index (χ2v) is 37.5. The molecule has 2 heterocycles. The van der Waals surface area contributed by atoms with E-state index >= 15 is 14.2 Å². The fourth-order valence-electron chi connectivity index (χ4n) is 17.5. The maximum absolute atomic E-state index is 16.2. The molecule has 0 unspecified atom stereocenters. The van der Waals surface area contributed by atoms with Gasteiger partial charge in [0, 0.05) is 33.9 Å². The third kappa shape index (κ3) is 43.6. The van der Waals surface area contributed by atoms with Crippen LogP contribution in [0.2, 0.25) is 0 Å². The summed E-state index contributed by atoms with van der Waals surface area (Å²) in [4.78, 5) is 45.9. The molecule has 0 aromatic heterocycles. The van der Waals surface area contributed by atoms with E-state index in [-0.39, 0.29) is 56.6 Å². The second-order valence-electron chi connectivity index (χ2n) is 36.0. The summed E-state index contributed by atoms with van der Waals surface area (Å²) in [5.74, 6) is -1.41. The van der Waals surface area contributed by atoms with Gasteiger partial charge in [0.25, 0.3) is 0 Å². The van der Waals surface area contributed by atoms with Crippen molar-refractivity contribution < 1.29 is 85.0 Å². The van der Waals surface area contributed by atoms with Gasteiger partial charge in [0.15, 0.2) is 18.5 Å². The minimum absolute atomic E-state index is 0.0318. The largest absolute Gasteiger partial charge is 0.588 e. The lowest BCUT2D eigenvalue weighted by molar-refractivity contribution is -0.290. The van der Waals surface area contributed by atoms with E-state index in [9.17, 15) is 9.90 Å². The van der Waals surface area contributed by atoms with Crippen LogP contribution >= 0.6 is 7.82 Å². The Labute approximate surface area is 782 Å². The highest BCUT2D eigenvalue weighted by Gasteiger charge is 2.55. The van der Waals surface area contributed by atoms with Crippen molar-refractivity contribution in [3.05, 3.63) is 204 Å². The zero-order valence-electron chi connectivity index (χ0n) is 80.1. The Balaban J connectivity index is 1.16. The first-order valence-electron chi connectivity index (χ1n) is 50.7. The number of amides is 2. The predicted molar refractivity (Wildman–Crippen MR) is 519 cm³/mol. The Morgan fingerprint density at radius 1 is 0.392 bits per heavy atom. The normalized spacial score (nSPS) is 19.5. The lowest BCUT2D eigenvalue weighted by atomic mass is 9.91. The van der Waals surface area contributed by atoms with Gasteiger partial charge in [-0.2, -0.15) is 0 Å². The molecule has 2 aliphatic rings. The van der Waals surface area contributed by atoms with E-state index in [1.165, 1.54) is 168 Å². The maximum atomic E-state index is 16.2. The number of nitrogens with one attached hydrogen (secondary N) is 2. The van der Waals surface area contributed by atoms with Crippen molar-refractivity contribution >= 4 is 25.6 Å². The number of rotatable bonds is 75. The quantitative estimate of drug-likeness (QED) is 0.0183. The highest BCUT2D eigenvalue weighted by molar-refractivity contribution is 7.49. The number of hydrogen-bond donors (Lipinski definition) is 3. The number of aliphatic hydroxyl groups is 1. The number of ether oxygens (including phenoxy) is 10. The Bertz CT molecular complexity index is 3760. The number of para-hydroxylation sites is 2. The van der Waals surface area contributed by atoms with Crippen LogP contribution in [-0.2, 0) is 84.1 Å². The molecule has 13 atom stereocenters. The SMILES string of the molecule is CCCCCCCCCCCCO[C@H](CCCCCCCCCCC)CCO[C@@H]1[C@@H](NC(C)=O)[C@H](OC[C@H]2O[C@H](C(=O)OC(c3ccccc3)c3ccccc3)[C@H](NC(=O)C[C@@H](CCCCCCCCCCC)OCc3ccccc3)[C@@H](OCC[C@@H](CCCCCCCCCCC)OCc3ccccc3)[C@@H]2O)O[C@H](COC)[C@@H]1OP(=O)(Oc1ccccc1)Oc1ccccc1. The van der Waals surface area contributed by atoms with Crippen LogP contribution in [0, 0.1) is 0 Å². The van der Waals surface area contributed by atoms with Crippen LogP contribution in [0.4, 0.5) is 0 Å². The number of hydrogen-bond acceptors (Lipinski definition) is 18. The first kappa shape index (κ1) is 108. The second kappa shape index (κ2) is 67.3. The van der Waals surface area contributed by atoms with E-state index < -0.39 is 106 Å². The molecule has 3 N–H and O–H groups in total. The van der Waals surface area contributed by atoms with E-state index in [0.29, 0.717) is 43.6 Å². The van der Waals surface area contributed by atoms with Crippen molar-refractivity contribution in [3.63, 3.8) is 0 Å². The van der Waals surface area contributed by atoms with Crippen molar-refractivity contribution in [2.75, 3.05) is 40.1 Å². The Kier molecular flexibility index (Phi) is 56.2. The molecule has 8 rings (SSSR count). The van der Waals surface area contributed by atoms with E-state index in [0.717, 1.165) is 107 Å². The average Bonchev–Trinajstić information content (AvgIpc) is 0.772. The zero-order valence-corrected chi connectivity index (χ0v) is 81.0. The Morgan fingerprint density at radius 2 is 0.777 bits per heavy atom. The lowest BCUT2D eigenvalue weighted by Crippen LogP contribution is -2.68. The molecule has 2 aliphatic heterocycles. The molecule has 6 aromatic rings. The lowest BCUT2D eigenvalue weighted by Gasteiger charge is -2.47. The Morgan fingerprint density at radius 3 is 1.21 bits per heavy atom. The number of benzene rings is 6. The van der Waals surface area contributed by atoms with E-state index in [1.807, 2.05) is 121 Å². The third-order valence-corrected chi connectivity index (χ3v) is 26.3. The minimum Gasteiger partial charge on any atom is -0.451 e. The van der Waals surface area contributed by atoms with Gasteiger partial charge in [-0.25, -0.2) is 9.36 Å². The van der Waals surface area contributed by atoms with Gasteiger partial charge >= 0.3 is 13.8 Å². The van der Waals surface area contributed by atoms with Gasteiger partial charge in [0.05, 0.1) is 57.2 Å². The number of phosphoric ester groups is 1. The average molecular weight is 1820 g/mol. The molecule has 2 fully saturated rings. The van der Waals surface area contributed by atoms with Gasteiger partial charge < -0.3 is 72.2 Å². The molecule has 2 saturated heterocycles. The molecule has 0 bridgehead atoms. The molecule has 0 saturated carbocycles. The summed E-state index contributed by atoms with van der Waals surface area (Å²) in [6.07, 6.45) is 32.8. The number of carbonyl (C=O) groups excluding carboxylic acids is 3. The molecule has 2 amide bonds. The van der Waals surface area contributed by atoms with Gasteiger partial charge in [0.1, 0.15) is 54.2 Å². The summed E-state index contributed by atoms with van der Waals surface area (Å²) in [6, 6.07) is 53.4. The molecule has 130 heavy (non-hydrogen) atoms. The van der Waals surface area contributed by atoms with Crippen LogP contribution in [0.3, 0.4) is 0 Å². The number of methoxy groups -OCH3 is 1. The minimum atomic E-state index is -4.80. The van der Waals surface area contributed by atoms with Crippen molar-refractivity contribution in [1.82, 2.24) is 10.6 Å². The van der Waals surface area contributed by atoms with Crippen LogP contribution in [0.25, 0.3) is 0 Å². The number of phosphoric acid groups is 1. The van der Waals surface area contributed by atoms with Gasteiger partial charge in [0.2, 0.25) is 11.8 Å². The van der Waals surface area contributed by atoms with Gasteiger partial charge in [-0.05, 0) is 85.0 Å².